The number of halogens is 1. The van der Waals surface area contributed by atoms with Gasteiger partial charge < -0.3 is 10.6 Å². The van der Waals surface area contributed by atoms with Gasteiger partial charge in [0.1, 0.15) is 11.5 Å². The first-order chi connectivity index (χ1) is 12.9. The molecule has 2 N–H and O–H groups in total. The van der Waals surface area contributed by atoms with Crippen LogP contribution in [-0.4, -0.2) is 21.7 Å². The fraction of sp³-hybridized carbons (Fsp3) is 0.100. The van der Waals surface area contributed by atoms with Crippen LogP contribution in [0.25, 0.3) is 0 Å². The van der Waals surface area contributed by atoms with Gasteiger partial charge in [-0.2, -0.15) is 0 Å². The average molecular weight is 381 g/mol. The number of carbonyl (C=O) groups is 2. The SMILES string of the molecule is CC(=O)c1ccc(NC(=O)c2cnc(Nc3ccc(C)c(Cl)c3)cn2)cc1. The maximum Gasteiger partial charge on any atom is 0.275 e. The van der Waals surface area contributed by atoms with E-state index < -0.39 is 0 Å². The van der Waals surface area contributed by atoms with E-state index in [1.54, 1.807) is 30.3 Å². The molecule has 1 amide bonds. The van der Waals surface area contributed by atoms with Crippen molar-refractivity contribution in [3.05, 3.63) is 76.7 Å². The number of carbonyl (C=O) groups excluding carboxylic acids is 2. The third-order valence-electron chi connectivity index (χ3n) is 3.88. The Kier molecular flexibility index (Phi) is 5.47. The molecule has 7 heteroatoms. The van der Waals surface area contributed by atoms with Gasteiger partial charge in [0, 0.05) is 22.0 Å². The van der Waals surface area contributed by atoms with Crippen molar-refractivity contribution in [1.29, 1.82) is 0 Å². The molecule has 27 heavy (non-hydrogen) atoms. The van der Waals surface area contributed by atoms with E-state index in [1.165, 1.54) is 19.3 Å². The number of hydrogen-bond acceptors (Lipinski definition) is 5. The Labute approximate surface area is 161 Å². The Bertz CT molecular complexity index is 986. The fourth-order valence-corrected chi connectivity index (χ4v) is 2.49. The summed E-state index contributed by atoms with van der Waals surface area (Å²) >= 11 is 6.10. The van der Waals surface area contributed by atoms with E-state index in [1.807, 2.05) is 19.1 Å². The van der Waals surface area contributed by atoms with E-state index in [4.69, 9.17) is 11.6 Å². The molecular weight excluding hydrogens is 364 g/mol. The molecule has 3 rings (SSSR count). The molecule has 1 aromatic heterocycles. The summed E-state index contributed by atoms with van der Waals surface area (Å²) < 4.78 is 0. The van der Waals surface area contributed by atoms with Gasteiger partial charge in [-0.15, -0.1) is 0 Å². The summed E-state index contributed by atoms with van der Waals surface area (Å²) in [5, 5.41) is 6.45. The highest BCUT2D eigenvalue weighted by molar-refractivity contribution is 6.31. The first-order valence-electron chi connectivity index (χ1n) is 8.20. The largest absolute Gasteiger partial charge is 0.339 e. The van der Waals surface area contributed by atoms with E-state index in [-0.39, 0.29) is 17.4 Å². The first-order valence-corrected chi connectivity index (χ1v) is 8.58. The van der Waals surface area contributed by atoms with Crippen molar-refractivity contribution in [2.75, 3.05) is 10.6 Å². The molecule has 0 unspecified atom stereocenters. The highest BCUT2D eigenvalue weighted by atomic mass is 35.5. The zero-order valence-electron chi connectivity index (χ0n) is 14.8. The number of amides is 1. The lowest BCUT2D eigenvalue weighted by molar-refractivity contribution is 0.101. The first kappa shape index (κ1) is 18.5. The molecule has 2 aromatic carbocycles. The molecule has 0 aliphatic carbocycles. The van der Waals surface area contributed by atoms with Crippen molar-refractivity contribution in [3.63, 3.8) is 0 Å². The Morgan fingerprint density at radius 3 is 2.26 bits per heavy atom. The van der Waals surface area contributed by atoms with Crippen LogP contribution in [0.2, 0.25) is 5.02 Å². The number of aryl methyl sites for hydroxylation is 1. The third-order valence-corrected chi connectivity index (χ3v) is 4.29. The van der Waals surface area contributed by atoms with E-state index in [0.717, 1.165) is 11.3 Å². The lowest BCUT2D eigenvalue weighted by Gasteiger charge is -2.08. The summed E-state index contributed by atoms with van der Waals surface area (Å²) in [6.07, 6.45) is 2.86. The quantitative estimate of drug-likeness (QED) is 0.630. The smallest absolute Gasteiger partial charge is 0.275 e. The van der Waals surface area contributed by atoms with Gasteiger partial charge in [0.25, 0.3) is 5.91 Å². The van der Waals surface area contributed by atoms with Crippen LogP contribution in [0.15, 0.2) is 54.9 Å². The zero-order chi connectivity index (χ0) is 19.4. The third kappa shape index (κ3) is 4.68. The minimum atomic E-state index is -0.386. The monoisotopic (exact) mass is 380 g/mol. The van der Waals surface area contributed by atoms with Crippen molar-refractivity contribution in [2.45, 2.75) is 13.8 Å². The molecule has 0 saturated carbocycles. The minimum absolute atomic E-state index is 0.0308. The molecule has 0 bridgehead atoms. The molecule has 0 atom stereocenters. The number of nitrogens with zero attached hydrogens (tertiary/aromatic N) is 2. The molecular formula is C20H17ClN4O2. The second kappa shape index (κ2) is 7.97. The van der Waals surface area contributed by atoms with Crippen molar-refractivity contribution < 1.29 is 9.59 Å². The summed E-state index contributed by atoms with van der Waals surface area (Å²) in [7, 11) is 0. The van der Waals surface area contributed by atoms with Crippen LogP contribution in [0.5, 0.6) is 0 Å². The molecule has 1 heterocycles. The summed E-state index contributed by atoms with van der Waals surface area (Å²) in [6, 6.07) is 12.2. The van der Waals surface area contributed by atoms with Crippen LogP contribution < -0.4 is 10.6 Å². The predicted octanol–water partition coefficient (Wildman–Crippen LogP) is 4.64. The van der Waals surface area contributed by atoms with Gasteiger partial charge >= 0.3 is 0 Å². The Hall–Kier alpha value is -3.25. The van der Waals surface area contributed by atoms with E-state index in [9.17, 15) is 9.59 Å². The molecule has 0 aliphatic heterocycles. The molecule has 0 radical (unpaired) electrons. The standard InChI is InChI=1S/C20H17ClN4O2/c1-12-3-6-16(9-17(12)21)24-19-11-22-18(10-23-19)20(27)25-15-7-4-14(5-8-15)13(2)26/h3-11H,1-2H3,(H,23,24)(H,25,27). The van der Waals surface area contributed by atoms with Crippen LogP contribution in [0.1, 0.15) is 33.3 Å². The van der Waals surface area contributed by atoms with E-state index in [2.05, 4.69) is 20.6 Å². The van der Waals surface area contributed by atoms with Crippen molar-refractivity contribution in [3.8, 4) is 0 Å². The van der Waals surface area contributed by atoms with E-state index >= 15 is 0 Å². The average Bonchev–Trinajstić information content (AvgIpc) is 2.66. The second-order valence-electron chi connectivity index (χ2n) is 5.96. The van der Waals surface area contributed by atoms with Gasteiger partial charge in [0.05, 0.1) is 12.4 Å². The lowest BCUT2D eigenvalue weighted by Crippen LogP contribution is -2.14. The minimum Gasteiger partial charge on any atom is -0.339 e. The number of nitrogens with one attached hydrogen (secondary N) is 2. The van der Waals surface area contributed by atoms with Crippen LogP contribution in [0.3, 0.4) is 0 Å². The number of hydrogen-bond donors (Lipinski definition) is 2. The van der Waals surface area contributed by atoms with Crippen LogP contribution in [0.4, 0.5) is 17.2 Å². The summed E-state index contributed by atoms with van der Waals surface area (Å²) in [6.45, 7) is 3.41. The fourth-order valence-electron chi connectivity index (χ4n) is 2.31. The summed E-state index contributed by atoms with van der Waals surface area (Å²) in [4.78, 5) is 31.9. The zero-order valence-corrected chi connectivity index (χ0v) is 15.5. The number of Topliss-reactive ketones (excluding diaryl/α,β-unsaturated/α-hetero) is 1. The lowest BCUT2D eigenvalue weighted by atomic mass is 10.1. The van der Waals surface area contributed by atoms with Crippen molar-refractivity contribution in [1.82, 2.24) is 9.97 Å². The maximum absolute atomic E-state index is 12.3. The molecule has 136 valence electrons. The van der Waals surface area contributed by atoms with Gasteiger partial charge in [0.15, 0.2) is 5.78 Å². The Balaban J connectivity index is 1.66. The second-order valence-corrected chi connectivity index (χ2v) is 6.37. The highest BCUT2D eigenvalue weighted by Gasteiger charge is 2.09. The summed E-state index contributed by atoms with van der Waals surface area (Å²) in [5.41, 5.74) is 3.10. The number of aromatic nitrogens is 2. The molecule has 0 fully saturated rings. The van der Waals surface area contributed by atoms with Gasteiger partial charge in [0.2, 0.25) is 0 Å². The topological polar surface area (TPSA) is 84.0 Å². The maximum atomic E-state index is 12.3. The Morgan fingerprint density at radius 1 is 0.963 bits per heavy atom. The number of ketones is 1. The highest BCUT2D eigenvalue weighted by Crippen LogP contribution is 2.22. The van der Waals surface area contributed by atoms with Gasteiger partial charge in [-0.25, -0.2) is 9.97 Å². The van der Waals surface area contributed by atoms with Crippen molar-refractivity contribution >= 4 is 40.5 Å². The van der Waals surface area contributed by atoms with Crippen molar-refractivity contribution in [2.24, 2.45) is 0 Å². The van der Waals surface area contributed by atoms with Crippen LogP contribution in [-0.2, 0) is 0 Å². The molecule has 6 nitrogen and oxygen atoms in total. The predicted molar refractivity (Wildman–Crippen MR) is 106 cm³/mol. The van der Waals surface area contributed by atoms with Gasteiger partial charge in [-0.1, -0.05) is 17.7 Å². The van der Waals surface area contributed by atoms with E-state index in [0.29, 0.717) is 22.1 Å². The van der Waals surface area contributed by atoms with Gasteiger partial charge in [-0.3, -0.25) is 9.59 Å². The Morgan fingerprint density at radius 2 is 1.67 bits per heavy atom. The summed E-state index contributed by atoms with van der Waals surface area (Å²) in [5.74, 6) is 0.0805. The normalized spacial score (nSPS) is 10.3. The van der Waals surface area contributed by atoms with Gasteiger partial charge in [-0.05, 0) is 55.8 Å². The molecule has 0 spiro atoms. The van der Waals surface area contributed by atoms with Crippen LogP contribution >= 0.6 is 11.6 Å². The molecule has 0 aliphatic rings. The van der Waals surface area contributed by atoms with Crippen LogP contribution in [0, 0.1) is 6.92 Å². The number of benzene rings is 2. The molecule has 0 saturated heterocycles. The number of anilines is 3. The number of rotatable bonds is 5. The molecule has 3 aromatic rings.